The second-order valence-corrected chi connectivity index (χ2v) is 6.05. The van der Waals surface area contributed by atoms with Gasteiger partial charge in [0.1, 0.15) is 12.3 Å². The number of carbonyl (C=O) groups is 1. The van der Waals surface area contributed by atoms with Gasteiger partial charge in [-0.05, 0) is 50.1 Å². The highest BCUT2D eigenvalue weighted by Gasteiger charge is 2.20. The molecule has 0 spiro atoms. The number of nitrogens with one attached hydrogen (secondary N) is 1. The molecule has 0 aliphatic heterocycles. The van der Waals surface area contributed by atoms with E-state index in [1.54, 1.807) is 13.0 Å². The van der Waals surface area contributed by atoms with Crippen molar-refractivity contribution in [2.75, 3.05) is 13.2 Å². The number of aromatic nitrogens is 3. The van der Waals surface area contributed by atoms with E-state index in [9.17, 15) is 4.79 Å². The third-order valence-electron chi connectivity index (χ3n) is 4.18. The Morgan fingerprint density at radius 3 is 2.57 bits per heavy atom. The fourth-order valence-corrected chi connectivity index (χ4v) is 2.74. The SMILES string of the molecule is CCOC(=O)c1n[nH]nc1-c1ccc(OCc2ccccc2C)c(OCC)c1. The third kappa shape index (κ3) is 4.31. The first-order chi connectivity index (χ1) is 13.6. The Morgan fingerprint density at radius 2 is 1.82 bits per heavy atom. The van der Waals surface area contributed by atoms with E-state index in [2.05, 4.69) is 15.4 Å². The Balaban J connectivity index is 1.86. The highest BCUT2D eigenvalue weighted by Crippen LogP contribution is 2.33. The summed E-state index contributed by atoms with van der Waals surface area (Å²) in [4.78, 5) is 12.1. The molecule has 3 aromatic rings. The molecule has 0 bridgehead atoms. The highest BCUT2D eigenvalue weighted by atomic mass is 16.5. The number of esters is 1. The summed E-state index contributed by atoms with van der Waals surface area (Å²) in [5, 5.41) is 10.5. The molecule has 7 nitrogen and oxygen atoms in total. The topological polar surface area (TPSA) is 86.3 Å². The minimum atomic E-state index is -0.524. The van der Waals surface area contributed by atoms with E-state index in [1.807, 2.05) is 50.2 Å². The summed E-state index contributed by atoms with van der Waals surface area (Å²) in [6.07, 6.45) is 0. The second kappa shape index (κ2) is 9.03. The zero-order chi connectivity index (χ0) is 19.9. The zero-order valence-electron chi connectivity index (χ0n) is 16.2. The molecule has 0 atom stereocenters. The Hall–Kier alpha value is -3.35. The van der Waals surface area contributed by atoms with Gasteiger partial charge < -0.3 is 14.2 Å². The van der Waals surface area contributed by atoms with Crippen LogP contribution in [0.4, 0.5) is 0 Å². The lowest BCUT2D eigenvalue weighted by Crippen LogP contribution is -2.07. The third-order valence-corrected chi connectivity index (χ3v) is 4.18. The predicted octanol–water partition coefficient (Wildman–Crippen LogP) is 3.93. The molecule has 0 fully saturated rings. The number of carbonyl (C=O) groups excluding carboxylic acids is 1. The maximum atomic E-state index is 12.1. The lowest BCUT2D eigenvalue weighted by Gasteiger charge is -2.14. The molecular formula is C21H23N3O4. The van der Waals surface area contributed by atoms with Gasteiger partial charge in [0, 0.05) is 5.56 Å². The Bertz CT molecular complexity index is 952. The van der Waals surface area contributed by atoms with E-state index in [-0.39, 0.29) is 12.3 Å². The van der Waals surface area contributed by atoms with Crippen LogP contribution in [0, 0.1) is 6.92 Å². The van der Waals surface area contributed by atoms with Crippen molar-refractivity contribution in [3.63, 3.8) is 0 Å². The normalized spacial score (nSPS) is 10.5. The van der Waals surface area contributed by atoms with Crippen LogP contribution in [0.15, 0.2) is 42.5 Å². The summed E-state index contributed by atoms with van der Waals surface area (Å²) in [6, 6.07) is 13.5. The quantitative estimate of drug-likeness (QED) is 0.595. The zero-order valence-corrected chi connectivity index (χ0v) is 16.2. The molecule has 1 N–H and O–H groups in total. The molecule has 0 radical (unpaired) electrons. The van der Waals surface area contributed by atoms with Crippen molar-refractivity contribution in [2.45, 2.75) is 27.4 Å². The van der Waals surface area contributed by atoms with E-state index in [4.69, 9.17) is 14.2 Å². The van der Waals surface area contributed by atoms with Crippen LogP contribution in [0.1, 0.15) is 35.5 Å². The lowest BCUT2D eigenvalue weighted by molar-refractivity contribution is 0.0520. The van der Waals surface area contributed by atoms with Crippen LogP contribution >= 0.6 is 0 Å². The van der Waals surface area contributed by atoms with E-state index in [1.165, 1.54) is 5.56 Å². The maximum absolute atomic E-state index is 12.1. The number of hydrogen-bond donors (Lipinski definition) is 1. The molecule has 146 valence electrons. The van der Waals surface area contributed by atoms with Crippen LogP contribution in [0.25, 0.3) is 11.3 Å². The molecule has 0 aliphatic carbocycles. The van der Waals surface area contributed by atoms with Crippen molar-refractivity contribution in [1.29, 1.82) is 0 Å². The molecule has 0 unspecified atom stereocenters. The van der Waals surface area contributed by atoms with Crippen LogP contribution in [-0.2, 0) is 11.3 Å². The van der Waals surface area contributed by atoms with Gasteiger partial charge in [-0.3, -0.25) is 0 Å². The van der Waals surface area contributed by atoms with Gasteiger partial charge in [0.05, 0.1) is 13.2 Å². The van der Waals surface area contributed by atoms with Crippen molar-refractivity contribution in [3.05, 3.63) is 59.3 Å². The van der Waals surface area contributed by atoms with Gasteiger partial charge in [0.2, 0.25) is 0 Å². The van der Waals surface area contributed by atoms with Gasteiger partial charge in [-0.25, -0.2) is 4.79 Å². The molecule has 28 heavy (non-hydrogen) atoms. The molecular weight excluding hydrogens is 358 g/mol. The smallest absolute Gasteiger partial charge is 0.361 e. The number of aromatic amines is 1. The number of nitrogens with zero attached hydrogens (tertiary/aromatic N) is 2. The van der Waals surface area contributed by atoms with Gasteiger partial charge >= 0.3 is 5.97 Å². The second-order valence-electron chi connectivity index (χ2n) is 6.05. The average Bonchev–Trinajstić information content (AvgIpc) is 3.18. The molecule has 0 aliphatic rings. The number of rotatable bonds is 8. The van der Waals surface area contributed by atoms with E-state index < -0.39 is 5.97 Å². The molecule has 0 amide bonds. The lowest BCUT2D eigenvalue weighted by atomic mass is 10.1. The molecule has 7 heteroatoms. The molecule has 2 aromatic carbocycles. The first-order valence-corrected chi connectivity index (χ1v) is 9.16. The summed E-state index contributed by atoms with van der Waals surface area (Å²) in [5.41, 5.74) is 3.50. The summed E-state index contributed by atoms with van der Waals surface area (Å²) < 4.78 is 16.8. The van der Waals surface area contributed by atoms with Crippen molar-refractivity contribution in [2.24, 2.45) is 0 Å². The molecule has 1 heterocycles. The first kappa shape index (κ1) is 19.4. The van der Waals surface area contributed by atoms with Gasteiger partial charge in [-0.2, -0.15) is 10.3 Å². The fourth-order valence-electron chi connectivity index (χ4n) is 2.74. The minimum absolute atomic E-state index is 0.137. The van der Waals surface area contributed by atoms with E-state index >= 15 is 0 Å². The highest BCUT2D eigenvalue weighted by molar-refractivity contribution is 5.94. The number of aryl methyl sites for hydroxylation is 1. The number of hydrogen-bond acceptors (Lipinski definition) is 6. The van der Waals surface area contributed by atoms with Crippen molar-refractivity contribution < 1.29 is 19.0 Å². The van der Waals surface area contributed by atoms with Gasteiger partial charge in [0.25, 0.3) is 0 Å². The molecule has 1 aromatic heterocycles. The largest absolute Gasteiger partial charge is 0.490 e. The number of ether oxygens (including phenoxy) is 3. The van der Waals surface area contributed by atoms with E-state index in [0.717, 1.165) is 5.56 Å². The first-order valence-electron chi connectivity index (χ1n) is 9.16. The molecule has 0 saturated carbocycles. The summed E-state index contributed by atoms with van der Waals surface area (Å²) in [6.45, 7) is 6.87. The van der Waals surface area contributed by atoms with Crippen molar-refractivity contribution >= 4 is 5.97 Å². The fraction of sp³-hybridized carbons (Fsp3) is 0.286. The van der Waals surface area contributed by atoms with Crippen LogP contribution in [0.5, 0.6) is 11.5 Å². The average molecular weight is 381 g/mol. The summed E-state index contributed by atoms with van der Waals surface area (Å²) in [7, 11) is 0. The monoisotopic (exact) mass is 381 g/mol. The number of benzene rings is 2. The molecule has 0 saturated heterocycles. The van der Waals surface area contributed by atoms with Crippen LogP contribution < -0.4 is 9.47 Å². The Labute approximate surface area is 163 Å². The minimum Gasteiger partial charge on any atom is -0.490 e. The van der Waals surface area contributed by atoms with Crippen LogP contribution in [0.3, 0.4) is 0 Å². The van der Waals surface area contributed by atoms with Gasteiger partial charge in [-0.15, -0.1) is 5.10 Å². The summed E-state index contributed by atoms with van der Waals surface area (Å²) >= 11 is 0. The molecule has 3 rings (SSSR count). The Morgan fingerprint density at radius 1 is 1.00 bits per heavy atom. The Kier molecular flexibility index (Phi) is 6.26. The standard InChI is InChI=1S/C21H23N3O4/c1-4-26-18-12-15(19-20(23-24-22-19)21(25)27-5-2)10-11-17(18)28-13-16-9-7-6-8-14(16)3/h6-12H,4-5,13H2,1-3H3,(H,22,23,24). The van der Waals surface area contributed by atoms with Crippen molar-refractivity contribution in [1.82, 2.24) is 15.4 Å². The van der Waals surface area contributed by atoms with Gasteiger partial charge in [0.15, 0.2) is 17.2 Å². The van der Waals surface area contributed by atoms with Crippen LogP contribution in [-0.4, -0.2) is 34.6 Å². The predicted molar refractivity (Wildman–Crippen MR) is 104 cm³/mol. The number of H-pyrrole nitrogens is 1. The van der Waals surface area contributed by atoms with E-state index in [0.29, 0.717) is 36.0 Å². The van der Waals surface area contributed by atoms with Gasteiger partial charge in [-0.1, -0.05) is 24.3 Å². The summed E-state index contributed by atoms with van der Waals surface area (Å²) in [5.74, 6) is 0.672. The van der Waals surface area contributed by atoms with Crippen LogP contribution in [0.2, 0.25) is 0 Å². The van der Waals surface area contributed by atoms with Crippen molar-refractivity contribution in [3.8, 4) is 22.8 Å². The maximum Gasteiger partial charge on any atom is 0.361 e.